The van der Waals surface area contributed by atoms with E-state index in [1.54, 1.807) is 17.6 Å². The molecule has 3 aromatic rings. The van der Waals surface area contributed by atoms with E-state index in [1.165, 1.54) is 23.5 Å². The number of ether oxygens (including phenoxy) is 2. The number of aryl methyl sites for hydroxylation is 1. The summed E-state index contributed by atoms with van der Waals surface area (Å²) in [6, 6.07) is 13.6. The van der Waals surface area contributed by atoms with Gasteiger partial charge in [0.2, 0.25) is 0 Å². The number of para-hydroxylation sites is 1. The normalized spacial score (nSPS) is 11.6. The lowest BCUT2D eigenvalue weighted by Crippen LogP contribution is -2.20. The molecule has 1 amide bonds. The second kappa shape index (κ2) is 9.97. The van der Waals surface area contributed by atoms with Crippen LogP contribution >= 0.6 is 11.3 Å². The zero-order valence-electron chi connectivity index (χ0n) is 16.0. The monoisotopic (exact) mass is 416 g/mol. The molecule has 0 saturated heterocycles. The Morgan fingerprint density at radius 2 is 1.93 bits per heavy atom. The van der Waals surface area contributed by atoms with Gasteiger partial charge in [0.05, 0.1) is 36.3 Å². The minimum absolute atomic E-state index is 0.107. The summed E-state index contributed by atoms with van der Waals surface area (Å²) in [6.07, 6.45) is 0.241. The molecule has 0 bridgehead atoms. The van der Waals surface area contributed by atoms with Gasteiger partial charge < -0.3 is 14.0 Å². The first-order chi connectivity index (χ1) is 14.1. The molecule has 8 heteroatoms. The summed E-state index contributed by atoms with van der Waals surface area (Å²) < 4.78 is 26.5. The molecule has 0 atom stereocenters. The van der Waals surface area contributed by atoms with Gasteiger partial charge in [-0.3, -0.25) is 9.59 Å². The Morgan fingerprint density at radius 1 is 1.14 bits per heavy atom. The van der Waals surface area contributed by atoms with Crippen molar-refractivity contribution in [2.45, 2.75) is 26.3 Å². The highest BCUT2D eigenvalue weighted by atomic mass is 32.1. The fourth-order valence-electron chi connectivity index (χ4n) is 2.72. The van der Waals surface area contributed by atoms with Gasteiger partial charge >= 0.3 is 5.97 Å². The molecule has 0 fully saturated rings. The molecule has 0 N–H and O–H groups in total. The van der Waals surface area contributed by atoms with E-state index in [4.69, 9.17) is 9.47 Å². The van der Waals surface area contributed by atoms with Gasteiger partial charge in [-0.2, -0.15) is 4.99 Å². The van der Waals surface area contributed by atoms with Gasteiger partial charge in [0.15, 0.2) is 4.80 Å². The van der Waals surface area contributed by atoms with Crippen molar-refractivity contribution < 1.29 is 23.5 Å². The van der Waals surface area contributed by atoms with Gasteiger partial charge in [0, 0.05) is 6.54 Å². The minimum Gasteiger partial charge on any atom is -0.493 e. The first kappa shape index (κ1) is 20.7. The van der Waals surface area contributed by atoms with Crippen LogP contribution in [-0.2, 0) is 20.9 Å². The quantitative estimate of drug-likeness (QED) is 0.525. The van der Waals surface area contributed by atoms with Crippen molar-refractivity contribution in [3.8, 4) is 5.75 Å². The lowest BCUT2D eigenvalue weighted by Gasteiger charge is -2.06. The lowest BCUT2D eigenvalue weighted by molar-refractivity contribution is -0.143. The van der Waals surface area contributed by atoms with Gasteiger partial charge in [-0.25, -0.2) is 4.39 Å². The summed E-state index contributed by atoms with van der Waals surface area (Å²) in [5.41, 5.74) is 0.716. The standard InChI is InChI=1S/C21H21FN2O4S/c1-2-27-20(26)10-12-24-17-9-8-15(22)14-18(17)29-21(24)23-19(25)11-13-28-16-6-4-3-5-7-16/h3-9,14H,2,10-13H2,1H3. The zero-order valence-corrected chi connectivity index (χ0v) is 16.8. The number of thiazole rings is 1. The van der Waals surface area contributed by atoms with E-state index in [1.807, 2.05) is 30.3 Å². The molecule has 3 rings (SSSR count). The van der Waals surface area contributed by atoms with Gasteiger partial charge in [0.1, 0.15) is 11.6 Å². The van der Waals surface area contributed by atoms with E-state index in [0.29, 0.717) is 27.4 Å². The molecular weight excluding hydrogens is 395 g/mol. The molecule has 2 aromatic carbocycles. The number of halogens is 1. The Balaban J connectivity index is 1.77. The van der Waals surface area contributed by atoms with Gasteiger partial charge in [-0.1, -0.05) is 29.5 Å². The lowest BCUT2D eigenvalue weighted by atomic mass is 10.3. The maximum Gasteiger partial charge on any atom is 0.307 e. The summed E-state index contributed by atoms with van der Waals surface area (Å²) in [5, 5.41) is 0. The summed E-state index contributed by atoms with van der Waals surface area (Å²) in [6.45, 7) is 2.53. The number of esters is 1. The number of carbonyl (C=O) groups excluding carboxylic acids is 2. The molecular formula is C21H21FN2O4S. The van der Waals surface area contributed by atoms with Crippen LogP contribution in [0.5, 0.6) is 5.75 Å². The SMILES string of the molecule is CCOC(=O)CCn1c(=NC(=O)CCOc2ccccc2)sc2cc(F)ccc21. The predicted octanol–water partition coefficient (Wildman–Crippen LogP) is 3.69. The highest BCUT2D eigenvalue weighted by molar-refractivity contribution is 7.16. The van der Waals surface area contributed by atoms with E-state index >= 15 is 0 Å². The number of hydrogen-bond donors (Lipinski definition) is 0. The first-order valence-corrected chi connectivity index (χ1v) is 10.1. The molecule has 0 aliphatic rings. The first-order valence-electron chi connectivity index (χ1n) is 9.26. The van der Waals surface area contributed by atoms with Crippen LogP contribution in [0.25, 0.3) is 10.2 Å². The van der Waals surface area contributed by atoms with E-state index in [2.05, 4.69) is 4.99 Å². The third-order valence-corrected chi connectivity index (χ3v) is 5.08. The highest BCUT2D eigenvalue weighted by Gasteiger charge is 2.11. The van der Waals surface area contributed by atoms with Crippen LogP contribution in [0.4, 0.5) is 4.39 Å². The van der Waals surface area contributed by atoms with E-state index in [9.17, 15) is 14.0 Å². The molecule has 0 saturated carbocycles. The summed E-state index contributed by atoms with van der Waals surface area (Å²) in [5.74, 6) is -0.375. The number of nitrogens with zero attached hydrogens (tertiary/aromatic N) is 2. The second-order valence-corrected chi connectivity index (χ2v) is 7.13. The third-order valence-electron chi connectivity index (χ3n) is 4.04. The Labute approximate surface area is 171 Å². The fourth-order valence-corrected chi connectivity index (χ4v) is 3.82. The molecule has 1 heterocycles. The average Bonchev–Trinajstić information content (AvgIpc) is 3.03. The molecule has 6 nitrogen and oxygen atoms in total. The zero-order chi connectivity index (χ0) is 20.6. The number of benzene rings is 2. The van der Waals surface area contributed by atoms with E-state index in [0.717, 1.165) is 0 Å². The molecule has 29 heavy (non-hydrogen) atoms. The number of amides is 1. The van der Waals surface area contributed by atoms with Crippen molar-refractivity contribution in [2.24, 2.45) is 4.99 Å². The Kier molecular flexibility index (Phi) is 7.13. The van der Waals surface area contributed by atoms with Gasteiger partial charge in [0.25, 0.3) is 5.91 Å². The maximum absolute atomic E-state index is 13.6. The number of hydrogen-bond acceptors (Lipinski definition) is 5. The maximum atomic E-state index is 13.6. The van der Waals surface area contributed by atoms with Crippen LogP contribution < -0.4 is 9.54 Å². The molecule has 0 unspecified atom stereocenters. The van der Waals surface area contributed by atoms with Crippen molar-refractivity contribution in [1.82, 2.24) is 4.57 Å². The summed E-state index contributed by atoms with van der Waals surface area (Å²) in [4.78, 5) is 28.6. The minimum atomic E-state index is -0.370. The van der Waals surface area contributed by atoms with Crippen LogP contribution in [0.2, 0.25) is 0 Å². The van der Waals surface area contributed by atoms with Crippen molar-refractivity contribution >= 4 is 33.4 Å². The van der Waals surface area contributed by atoms with Gasteiger partial charge in [-0.15, -0.1) is 0 Å². The predicted molar refractivity (Wildman–Crippen MR) is 108 cm³/mol. The Bertz CT molecular complexity index is 1060. The van der Waals surface area contributed by atoms with Crippen LogP contribution in [-0.4, -0.2) is 29.7 Å². The van der Waals surface area contributed by atoms with E-state index < -0.39 is 0 Å². The molecule has 1 aromatic heterocycles. The summed E-state index contributed by atoms with van der Waals surface area (Å²) >= 11 is 1.20. The number of aromatic nitrogens is 1. The number of carbonyl (C=O) groups is 2. The fraction of sp³-hybridized carbons (Fsp3) is 0.286. The third kappa shape index (κ3) is 5.74. The topological polar surface area (TPSA) is 69.9 Å². The molecule has 0 aliphatic heterocycles. The number of rotatable bonds is 8. The highest BCUT2D eigenvalue weighted by Crippen LogP contribution is 2.19. The van der Waals surface area contributed by atoms with Crippen LogP contribution in [0.1, 0.15) is 19.8 Å². The molecule has 0 aliphatic carbocycles. The van der Waals surface area contributed by atoms with Gasteiger partial charge in [-0.05, 0) is 37.3 Å². The van der Waals surface area contributed by atoms with Crippen LogP contribution in [0.3, 0.4) is 0 Å². The van der Waals surface area contributed by atoms with E-state index in [-0.39, 0.29) is 43.7 Å². The second-order valence-electron chi connectivity index (χ2n) is 6.12. The number of fused-ring (bicyclic) bond motifs is 1. The molecule has 152 valence electrons. The van der Waals surface area contributed by atoms with Crippen LogP contribution in [0, 0.1) is 5.82 Å². The smallest absolute Gasteiger partial charge is 0.307 e. The van der Waals surface area contributed by atoms with Crippen LogP contribution in [0.15, 0.2) is 53.5 Å². The van der Waals surface area contributed by atoms with Crippen molar-refractivity contribution in [3.05, 3.63) is 59.1 Å². The van der Waals surface area contributed by atoms with Crippen molar-refractivity contribution in [1.29, 1.82) is 0 Å². The Hall–Kier alpha value is -3.00. The summed E-state index contributed by atoms with van der Waals surface area (Å²) in [7, 11) is 0. The Morgan fingerprint density at radius 3 is 2.69 bits per heavy atom. The largest absolute Gasteiger partial charge is 0.493 e. The molecule has 0 spiro atoms. The average molecular weight is 416 g/mol. The van der Waals surface area contributed by atoms with Crippen molar-refractivity contribution in [3.63, 3.8) is 0 Å². The van der Waals surface area contributed by atoms with Crippen molar-refractivity contribution in [2.75, 3.05) is 13.2 Å². The molecule has 0 radical (unpaired) electrons.